The van der Waals surface area contributed by atoms with Gasteiger partial charge in [-0.15, -0.1) is 0 Å². The molecular weight excluding hydrogens is 1320 g/mol. The van der Waals surface area contributed by atoms with Crippen molar-refractivity contribution >= 4 is 39.5 Å². The van der Waals surface area contributed by atoms with Gasteiger partial charge in [-0.05, 0) is 63.2 Å². The normalized spacial score (nSPS) is 14.3. The summed E-state index contributed by atoms with van der Waals surface area (Å²) in [5, 5.41) is 10.6. The summed E-state index contributed by atoms with van der Waals surface area (Å²) in [4.78, 5) is 73.1. The van der Waals surface area contributed by atoms with E-state index in [-0.39, 0.29) is 25.7 Å². The summed E-state index contributed by atoms with van der Waals surface area (Å²) >= 11 is 0. The second kappa shape index (κ2) is 73.1. The number of ether oxygens (including phenoxy) is 4. The molecule has 0 aliphatic carbocycles. The summed E-state index contributed by atoms with van der Waals surface area (Å²) in [6.45, 7) is 9.59. The summed E-state index contributed by atoms with van der Waals surface area (Å²) in [6.07, 6.45) is 65.9. The lowest BCUT2D eigenvalue weighted by Crippen LogP contribution is -2.30. The first-order valence-corrected chi connectivity index (χ1v) is 44.8. The van der Waals surface area contributed by atoms with Crippen LogP contribution >= 0.6 is 15.6 Å². The van der Waals surface area contributed by atoms with Crippen LogP contribution in [0.25, 0.3) is 0 Å². The minimum absolute atomic E-state index is 0.102. The molecule has 0 saturated carbocycles. The summed E-state index contributed by atoms with van der Waals surface area (Å²) in [5.41, 5.74) is 0. The van der Waals surface area contributed by atoms with Gasteiger partial charge in [0, 0.05) is 25.7 Å². The fraction of sp³-hybridized carbons (Fsp3) is 0.902. The van der Waals surface area contributed by atoms with Crippen molar-refractivity contribution < 1.29 is 80.2 Å². The number of aliphatic hydroxyl groups is 1. The number of allylic oxidation sites excluding steroid dienone is 4. The highest BCUT2D eigenvalue weighted by Crippen LogP contribution is 2.45. The summed E-state index contributed by atoms with van der Waals surface area (Å²) in [7, 11) is -9.93. The number of rotatable bonds is 79. The Balaban J connectivity index is 5.30. The largest absolute Gasteiger partial charge is 0.472 e. The van der Waals surface area contributed by atoms with Crippen LogP contribution in [0.2, 0.25) is 0 Å². The molecule has 19 heteroatoms. The van der Waals surface area contributed by atoms with E-state index >= 15 is 0 Å². The second-order valence-corrected chi connectivity index (χ2v) is 32.5. The van der Waals surface area contributed by atoms with Crippen LogP contribution in [0.3, 0.4) is 0 Å². The quantitative estimate of drug-likeness (QED) is 0.0169. The van der Waals surface area contributed by atoms with Crippen LogP contribution in [0.1, 0.15) is 408 Å². The number of phosphoric ester groups is 2. The van der Waals surface area contributed by atoms with Gasteiger partial charge in [0.15, 0.2) is 12.2 Å². The minimum Gasteiger partial charge on any atom is -0.462 e. The fourth-order valence-corrected chi connectivity index (χ4v) is 13.7. The Morgan fingerprint density at radius 3 is 0.891 bits per heavy atom. The first-order valence-electron chi connectivity index (χ1n) is 41.8. The number of hydrogen-bond donors (Lipinski definition) is 3. The standard InChI is InChI=1S/C82H156O17P2/c1-7-10-12-14-16-18-20-22-24-25-26-27-29-31-33-42-48-54-60-66-81(86)98-77(70-92-79(84)64-58-52-46-40-32-30-28-23-21-19-17-15-13-11-8-2)72-96-100(88,89)94-68-76(83)69-95-101(90,91)97-73-78(71-93-80(85)65-59-53-47-41-36-34-38-44-50-56-62-74(4)5)99-82(87)67-61-55-49-43-37-35-39-45-51-57-63-75(6)9-3/h19,21,23,28,74-78,83H,7-18,20,22,24-27,29-73H2,1-6H3,(H,88,89)(H,90,91)/b21-19-,28-23-/t75?,76-,77-,78-/m1/s1. The number of esters is 4. The molecule has 6 atom stereocenters. The van der Waals surface area contributed by atoms with Crippen LogP contribution in [-0.4, -0.2) is 96.7 Å². The molecule has 0 radical (unpaired) electrons. The van der Waals surface area contributed by atoms with Crippen molar-refractivity contribution in [2.75, 3.05) is 39.6 Å². The Hall–Kier alpha value is -2.46. The van der Waals surface area contributed by atoms with Crippen molar-refractivity contribution in [1.82, 2.24) is 0 Å². The highest BCUT2D eigenvalue weighted by atomic mass is 31.2. The molecule has 0 heterocycles. The third-order valence-corrected chi connectivity index (χ3v) is 20.8. The molecule has 0 saturated heterocycles. The lowest BCUT2D eigenvalue weighted by molar-refractivity contribution is -0.161. The molecule has 0 aliphatic rings. The number of aliphatic hydroxyl groups excluding tert-OH is 1. The maximum absolute atomic E-state index is 13.1. The predicted molar refractivity (Wildman–Crippen MR) is 414 cm³/mol. The van der Waals surface area contributed by atoms with Crippen LogP contribution in [0.15, 0.2) is 24.3 Å². The highest BCUT2D eigenvalue weighted by molar-refractivity contribution is 7.47. The third kappa shape index (κ3) is 74.2. The van der Waals surface area contributed by atoms with Gasteiger partial charge in [-0.1, -0.05) is 355 Å². The molecule has 0 amide bonds. The lowest BCUT2D eigenvalue weighted by Gasteiger charge is -2.21. The van der Waals surface area contributed by atoms with Crippen LogP contribution < -0.4 is 0 Å². The summed E-state index contributed by atoms with van der Waals surface area (Å²) < 4.78 is 68.7. The zero-order valence-corrected chi connectivity index (χ0v) is 67.5. The van der Waals surface area contributed by atoms with Gasteiger partial charge in [-0.3, -0.25) is 37.3 Å². The van der Waals surface area contributed by atoms with Crippen LogP contribution in [0.4, 0.5) is 0 Å². The van der Waals surface area contributed by atoms with Crippen LogP contribution in [0, 0.1) is 11.8 Å². The molecule has 0 aromatic rings. The van der Waals surface area contributed by atoms with E-state index in [1.54, 1.807) is 0 Å². The minimum atomic E-state index is -4.97. The molecule has 0 rings (SSSR count). The van der Waals surface area contributed by atoms with Crippen molar-refractivity contribution in [3.63, 3.8) is 0 Å². The van der Waals surface area contributed by atoms with E-state index in [4.69, 9.17) is 37.0 Å². The first-order chi connectivity index (χ1) is 48.9. The van der Waals surface area contributed by atoms with Crippen molar-refractivity contribution in [1.29, 1.82) is 0 Å². The molecule has 3 unspecified atom stereocenters. The van der Waals surface area contributed by atoms with Gasteiger partial charge in [0.25, 0.3) is 0 Å². The van der Waals surface area contributed by atoms with E-state index in [0.717, 1.165) is 121 Å². The van der Waals surface area contributed by atoms with Crippen molar-refractivity contribution in [3.8, 4) is 0 Å². The Kier molecular flexibility index (Phi) is 71.3. The molecule has 3 N–H and O–H groups in total. The lowest BCUT2D eigenvalue weighted by atomic mass is 9.99. The average Bonchev–Trinajstić information content (AvgIpc) is 1.04. The van der Waals surface area contributed by atoms with Crippen molar-refractivity contribution in [3.05, 3.63) is 24.3 Å². The van der Waals surface area contributed by atoms with E-state index < -0.39 is 97.5 Å². The summed E-state index contributed by atoms with van der Waals surface area (Å²) in [6, 6.07) is 0. The van der Waals surface area contributed by atoms with E-state index in [9.17, 15) is 43.2 Å². The Morgan fingerprint density at radius 2 is 0.584 bits per heavy atom. The van der Waals surface area contributed by atoms with Crippen LogP contribution in [-0.2, 0) is 65.4 Å². The maximum Gasteiger partial charge on any atom is 0.472 e. The van der Waals surface area contributed by atoms with Gasteiger partial charge in [-0.25, -0.2) is 9.13 Å². The highest BCUT2D eigenvalue weighted by Gasteiger charge is 2.30. The zero-order chi connectivity index (χ0) is 74.2. The predicted octanol–water partition coefficient (Wildman–Crippen LogP) is 24.2. The number of phosphoric acid groups is 2. The Morgan fingerprint density at radius 1 is 0.327 bits per heavy atom. The van der Waals surface area contributed by atoms with Gasteiger partial charge in [0.05, 0.1) is 26.4 Å². The molecule has 101 heavy (non-hydrogen) atoms. The molecule has 17 nitrogen and oxygen atoms in total. The van der Waals surface area contributed by atoms with E-state index in [1.165, 1.54) is 205 Å². The maximum atomic E-state index is 13.1. The average molecular weight is 1480 g/mol. The van der Waals surface area contributed by atoms with Crippen molar-refractivity contribution in [2.45, 2.75) is 426 Å². The van der Waals surface area contributed by atoms with Crippen molar-refractivity contribution in [2.24, 2.45) is 11.8 Å². The van der Waals surface area contributed by atoms with E-state index in [0.29, 0.717) is 25.7 Å². The molecule has 0 bridgehead atoms. The second-order valence-electron chi connectivity index (χ2n) is 29.5. The number of carbonyl (C=O) groups is 4. The fourth-order valence-electron chi connectivity index (χ4n) is 12.1. The molecule has 0 aromatic heterocycles. The van der Waals surface area contributed by atoms with Gasteiger partial charge in [-0.2, -0.15) is 0 Å². The molecule has 0 fully saturated rings. The molecule has 0 spiro atoms. The first kappa shape index (κ1) is 98.5. The Bertz CT molecular complexity index is 2040. The van der Waals surface area contributed by atoms with Gasteiger partial charge in [0.2, 0.25) is 0 Å². The number of hydrogen-bond acceptors (Lipinski definition) is 15. The molecule has 0 aromatic carbocycles. The monoisotopic (exact) mass is 1480 g/mol. The Labute approximate surface area is 618 Å². The third-order valence-electron chi connectivity index (χ3n) is 18.9. The van der Waals surface area contributed by atoms with Gasteiger partial charge >= 0.3 is 39.5 Å². The summed E-state index contributed by atoms with van der Waals surface area (Å²) in [5.74, 6) is -0.579. The van der Waals surface area contributed by atoms with Crippen LogP contribution in [0.5, 0.6) is 0 Å². The molecule has 0 aliphatic heterocycles. The number of carbonyl (C=O) groups excluding carboxylic acids is 4. The van der Waals surface area contributed by atoms with Gasteiger partial charge < -0.3 is 33.8 Å². The van der Waals surface area contributed by atoms with E-state index in [1.807, 2.05) is 0 Å². The number of unbranched alkanes of at least 4 members (excludes halogenated alkanes) is 45. The molecular formula is C82H156O17P2. The molecule has 596 valence electrons. The topological polar surface area (TPSA) is 237 Å². The van der Waals surface area contributed by atoms with Gasteiger partial charge in [0.1, 0.15) is 19.3 Å². The SMILES string of the molecule is CCCCCC/C=C\C=C/CCCCCCCC(=O)OC[C@H](COP(=O)(O)OC[C@@H](O)COP(=O)(O)OC[C@@H](COC(=O)CCCCCCCCCCCCC(C)C)OC(=O)CCCCCCCCCCCCC(C)CC)OC(=O)CCCCCCCCCCCCCCCCCCCCC. The zero-order valence-electron chi connectivity index (χ0n) is 65.7. The van der Waals surface area contributed by atoms with E-state index in [2.05, 4.69) is 65.8 Å². The smallest absolute Gasteiger partial charge is 0.462 e.